The van der Waals surface area contributed by atoms with E-state index >= 15 is 0 Å². The number of carbonyl (C=O) groups is 6. The number of benzene rings is 2. The van der Waals surface area contributed by atoms with Crippen molar-refractivity contribution < 1.29 is 53.6 Å². The van der Waals surface area contributed by atoms with Gasteiger partial charge in [-0.1, -0.05) is 60.7 Å². The average Bonchev–Trinajstić information content (AvgIpc) is 3.51. The van der Waals surface area contributed by atoms with E-state index in [9.17, 15) is 28.8 Å². The summed E-state index contributed by atoms with van der Waals surface area (Å²) < 4.78 is 10.1. The van der Waals surface area contributed by atoms with Gasteiger partial charge in [0.05, 0.1) is 18.5 Å². The number of likely N-dealkylation sites (tertiary alicyclic amines) is 2. The van der Waals surface area contributed by atoms with Crippen molar-refractivity contribution in [3.05, 3.63) is 71.8 Å². The molecular formula is C28H34N4O11. The van der Waals surface area contributed by atoms with Gasteiger partial charge < -0.3 is 36.3 Å². The molecule has 4 rings (SSSR count). The fourth-order valence-electron chi connectivity index (χ4n) is 3.61. The molecule has 15 heteroatoms. The predicted octanol–water partition coefficient (Wildman–Crippen LogP) is 0.672. The Hall–Kier alpha value is -4.86. The summed E-state index contributed by atoms with van der Waals surface area (Å²) in [6.07, 6.45) is -2.78. The third kappa shape index (κ3) is 11.5. The summed E-state index contributed by atoms with van der Waals surface area (Å²) in [7, 11) is 0. The highest BCUT2D eigenvalue weighted by atomic mass is 16.6. The topological polar surface area (TPSA) is 240 Å². The molecule has 0 aliphatic carbocycles. The molecule has 15 nitrogen and oxygen atoms in total. The fraction of sp³-hybridized carbons (Fsp3) is 0.357. The van der Waals surface area contributed by atoms with E-state index in [1.165, 1.54) is 0 Å². The number of amides is 4. The van der Waals surface area contributed by atoms with Crippen LogP contribution in [0.3, 0.4) is 0 Å². The number of imide groups is 2. The van der Waals surface area contributed by atoms with Crippen LogP contribution in [0, 0.1) is 0 Å². The molecule has 2 aliphatic rings. The van der Waals surface area contributed by atoms with Crippen molar-refractivity contribution >= 4 is 35.9 Å². The highest BCUT2D eigenvalue weighted by molar-refractivity contribution is 5.97. The maximum atomic E-state index is 11.6. The normalized spacial score (nSPS) is 18.0. The van der Waals surface area contributed by atoms with E-state index in [1.807, 2.05) is 60.7 Å². The molecule has 7 N–H and O–H groups in total. The van der Waals surface area contributed by atoms with E-state index in [4.69, 9.17) is 36.3 Å². The van der Waals surface area contributed by atoms with Gasteiger partial charge in [0.1, 0.15) is 13.2 Å². The summed E-state index contributed by atoms with van der Waals surface area (Å²) in [5.74, 6) is -3.56. The quantitative estimate of drug-likeness (QED) is 0.293. The summed E-state index contributed by atoms with van der Waals surface area (Å²) in [6, 6.07) is 17.5. The molecule has 2 fully saturated rings. The Kier molecular flexibility index (Phi) is 13.7. The van der Waals surface area contributed by atoms with E-state index in [0.717, 1.165) is 20.9 Å². The first-order valence-corrected chi connectivity index (χ1v) is 13.1. The van der Waals surface area contributed by atoms with Crippen LogP contribution < -0.4 is 11.5 Å². The third-order valence-corrected chi connectivity index (χ3v) is 6.00. The minimum absolute atomic E-state index is 0.165. The number of ether oxygens (including phenoxy) is 2. The summed E-state index contributed by atoms with van der Waals surface area (Å²) in [5, 5.41) is 24.1. The first-order chi connectivity index (χ1) is 20.4. The van der Waals surface area contributed by atoms with Crippen LogP contribution in [0.4, 0.5) is 9.59 Å². The number of carboxylic acid groups (broad SMARTS) is 2. The molecule has 232 valence electrons. The Morgan fingerprint density at radius 2 is 1.12 bits per heavy atom. The molecule has 2 heterocycles. The summed E-state index contributed by atoms with van der Waals surface area (Å²) in [6.45, 7) is 1.01. The number of aliphatic hydroxyl groups is 1. The number of aliphatic carboxylic acids is 2. The van der Waals surface area contributed by atoms with E-state index in [1.54, 1.807) is 0 Å². The zero-order valence-corrected chi connectivity index (χ0v) is 23.1. The molecule has 4 amide bonds. The molecule has 2 aromatic carbocycles. The summed E-state index contributed by atoms with van der Waals surface area (Å²) >= 11 is 0. The van der Waals surface area contributed by atoms with E-state index in [-0.39, 0.29) is 25.0 Å². The number of hydrogen-bond donors (Lipinski definition) is 5. The van der Waals surface area contributed by atoms with E-state index < -0.39 is 48.7 Å². The minimum Gasteiger partial charge on any atom is -0.481 e. The molecule has 2 aliphatic heterocycles. The van der Waals surface area contributed by atoms with Crippen molar-refractivity contribution in [2.45, 2.75) is 50.7 Å². The Labute approximate surface area is 246 Å². The first kappa shape index (κ1) is 34.3. The minimum atomic E-state index is -1.79. The molecule has 0 spiro atoms. The van der Waals surface area contributed by atoms with Crippen LogP contribution in [0.1, 0.15) is 30.4 Å². The van der Waals surface area contributed by atoms with Gasteiger partial charge in [0.25, 0.3) is 0 Å². The van der Waals surface area contributed by atoms with Crippen LogP contribution in [0.25, 0.3) is 0 Å². The fourth-order valence-corrected chi connectivity index (χ4v) is 3.61. The average molecular weight is 603 g/mol. The lowest BCUT2D eigenvalue weighted by Gasteiger charge is -2.13. The van der Waals surface area contributed by atoms with Gasteiger partial charge in [-0.3, -0.25) is 14.4 Å². The number of carbonyl (C=O) groups excluding carboxylic acids is 4. The summed E-state index contributed by atoms with van der Waals surface area (Å²) in [5.41, 5.74) is 12.8. The van der Waals surface area contributed by atoms with Gasteiger partial charge in [0.2, 0.25) is 11.8 Å². The number of rotatable bonds is 7. The van der Waals surface area contributed by atoms with Crippen LogP contribution in [-0.4, -0.2) is 92.3 Å². The number of carboxylic acids is 2. The van der Waals surface area contributed by atoms with Crippen LogP contribution in [-0.2, 0) is 41.9 Å². The van der Waals surface area contributed by atoms with Crippen molar-refractivity contribution in [3.63, 3.8) is 0 Å². The maximum Gasteiger partial charge on any atom is 0.416 e. The van der Waals surface area contributed by atoms with E-state index in [0.29, 0.717) is 25.9 Å². The first-order valence-electron chi connectivity index (χ1n) is 13.1. The van der Waals surface area contributed by atoms with Gasteiger partial charge in [0.15, 0.2) is 6.10 Å². The molecule has 0 bridgehead atoms. The lowest BCUT2D eigenvalue weighted by atomic mass is 10.2. The highest BCUT2D eigenvalue weighted by Gasteiger charge is 2.35. The van der Waals surface area contributed by atoms with Gasteiger partial charge in [-0.2, -0.15) is 0 Å². The van der Waals surface area contributed by atoms with Crippen LogP contribution in [0.5, 0.6) is 0 Å². The SMILES string of the molecule is N[C@@H]1CCN(C(=O)OCc2ccccc2)C1=O.N[C@@H]1CCN(C(=O)OCc2ccccc2)C1=O.O=C(O)C[C@H](O)C(=O)O. The van der Waals surface area contributed by atoms with Gasteiger partial charge in [0, 0.05) is 13.1 Å². The van der Waals surface area contributed by atoms with E-state index in [2.05, 4.69) is 0 Å². The molecule has 0 radical (unpaired) electrons. The van der Waals surface area contributed by atoms with Crippen molar-refractivity contribution in [1.82, 2.24) is 9.80 Å². The van der Waals surface area contributed by atoms with Crippen LogP contribution in [0.15, 0.2) is 60.7 Å². The highest BCUT2D eigenvalue weighted by Crippen LogP contribution is 2.13. The zero-order valence-electron chi connectivity index (χ0n) is 23.1. The molecule has 2 saturated heterocycles. The van der Waals surface area contributed by atoms with Crippen LogP contribution >= 0.6 is 0 Å². The van der Waals surface area contributed by atoms with Gasteiger partial charge in [-0.15, -0.1) is 0 Å². The molecule has 0 aromatic heterocycles. The molecule has 2 aromatic rings. The number of nitrogens with two attached hydrogens (primary N) is 2. The second kappa shape index (κ2) is 17.2. The Bertz CT molecular complexity index is 1180. The molecule has 43 heavy (non-hydrogen) atoms. The lowest BCUT2D eigenvalue weighted by molar-refractivity contribution is -0.152. The Balaban J connectivity index is 0.000000238. The Morgan fingerprint density at radius 3 is 1.37 bits per heavy atom. The van der Waals surface area contributed by atoms with Crippen molar-refractivity contribution in [3.8, 4) is 0 Å². The maximum absolute atomic E-state index is 11.6. The van der Waals surface area contributed by atoms with Crippen molar-refractivity contribution in [1.29, 1.82) is 0 Å². The third-order valence-electron chi connectivity index (χ3n) is 6.00. The smallest absolute Gasteiger partial charge is 0.416 e. The molecule has 3 atom stereocenters. The number of hydrogen-bond acceptors (Lipinski definition) is 11. The number of aliphatic hydroxyl groups excluding tert-OH is 1. The molecule has 0 unspecified atom stereocenters. The largest absolute Gasteiger partial charge is 0.481 e. The van der Waals surface area contributed by atoms with Crippen molar-refractivity contribution in [2.24, 2.45) is 11.5 Å². The molecular weight excluding hydrogens is 568 g/mol. The van der Waals surface area contributed by atoms with Crippen molar-refractivity contribution in [2.75, 3.05) is 13.1 Å². The van der Waals surface area contributed by atoms with Gasteiger partial charge >= 0.3 is 24.1 Å². The lowest BCUT2D eigenvalue weighted by Crippen LogP contribution is -2.38. The molecule has 0 saturated carbocycles. The van der Waals surface area contributed by atoms with Gasteiger partial charge in [-0.25, -0.2) is 24.2 Å². The zero-order chi connectivity index (χ0) is 31.9. The standard InChI is InChI=1S/2C12H14N2O3.C4H6O5/c2*13-10-6-7-14(11(10)15)12(16)17-8-9-4-2-1-3-5-9;5-2(4(8)9)1-3(6)7/h2*1-5,10H,6-8,13H2;2,5H,1H2,(H,6,7)(H,8,9)/t2*10-;2-/m110/s1. The Morgan fingerprint density at radius 1 is 0.744 bits per heavy atom. The summed E-state index contributed by atoms with van der Waals surface area (Å²) in [4.78, 5) is 67.7. The second-order valence-electron chi connectivity index (χ2n) is 9.30. The number of nitrogens with zero attached hydrogens (tertiary/aromatic N) is 2. The second-order valence-corrected chi connectivity index (χ2v) is 9.30. The van der Waals surface area contributed by atoms with Gasteiger partial charge in [-0.05, 0) is 24.0 Å². The monoisotopic (exact) mass is 602 g/mol. The predicted molar refractivity (Wildman–Crippen MR) is 148 cm³/mol. The van der Waals surface area contributed by atoms with Crippen LogP contribution in [0.2, 0.25) is 0 Å².